The highest BCUT2D eigenvalue weighted by Crippen LogP contribution is 2.29. The molecule has 1 atom stereocenters. The number of ether oxygens (including phenoxy) is 2. The fourth-order valence-corrected chi connectivity index (χ4v) is 2.67. The third-order valence-corrected chi connectivity index (χ3v) is 3.82. The maximum atomic E-state index is 12.7. The van der Waals surface area contributed by atoms with Crippen molar-refractivity contribution in [1.29, 1.82) is 0 Å². The molecule has 1 aromatic carbocycles. The van der Waals surface area contributed by atoms with Gasteiger partial charge >= 0.3 is 5.97 Å². The van der Waals surface area contributed by atoms with Crippen molar-refractivity contribution >= 4 is 11.9 Å². The lowest BCUT2D eigenvalue weighted by Crippen LogP contribution is -2.47. The number of benzene rings is 1. The second-order valence-corrected chi connectivity index (χ2v) is 5.31. The van der Waals surface area contributed by atoms with Gasteiger partial charge in [-0.25, -0.2) is 4.79 Å². The Balaban J connectivity index is 2.24. The van der Waals surface area contributed by atoms with Crippen molar-refractivity contribution in [2.24, 2.45) is 0 Å². The summed E-state index contributed by atoms with van der Waals surface area (Å²) in [7, 11) is 1.49. The lowest BCUT2D eigenvalue weighted by molar-refractivity contribution is -0.143. The van der Waals surface area contributed by atoms with E-state index in [0.717, 1.165) is 12.8 Å². The van der Waals surface area contributed by atoms with E-state index in [0.29, 0.717) is 36.6 Å². The maximum absolute atomic E-state index is 12.7. The van der Waals surface area contributed by atoms with Crippen LogP contribution in [0.5, 0.6) is 11.5 Å². The first-order valence-electron chi connectivity index (χ1n) is 7.54. The first kappa shape index (κ1) is 16.9. The van der Waals surface area contributed by atoms with Gasteiger partial charge in [-0.1, -0.05) is 12.7 Å². The van der Waals surface area contributed by atoms with Crippen LogP contribution in [0.4, 0.5) is 0 Å². The fraction of sp³-hybridized carbons (Fsp3) is 0.412. The highest BCUT2D eigenvalue weighted by atomic mass is 16.5. The van der Waals surface area contributed by atoms with Gasteiger partial charge < -0.3 is 19.5 Å². The average Bonchev–Trinajstić information content (AvgIpc) is 2.59. The van der Waals surface area contributed by atoms with Gasteiger partial charge in [-0.05, 0) is 37.5 Å². The second kappa shape index (κ2) is 7.67. The van der Waals surface area contributed by atoms with Crippen molar-refractivity contribution < 1.29 is 24.2 Å². The lowest BCUT2D eigenvalue weighted by Gasteiger charge is -2.33. The summed E-state index contributed by atoms with van der Waals surface area (Å²) in [5.41, 5.74) is 0.390. The van der Waals surface area contributed by atoms with Gasteiger partial charge in [0.1, 0.15) is 12.6 Å². The number of carboxylic acids is 1. The molecule has 1 aromatic rings. The third kappa shape index (κ3) is 3.83. The van der Waals surface area contributed by atoms with Gasteiger partial charge in [0, 0.05) is 12.1 Å². The molecule has 2 rings (SSSR count). The molecule has 0 spiro atoms. The van der Waals surface area contributed by atoms with Crippen LogP contribution in [0.1, 0.15) is 29.6 Å². The number of nitrogens with zero attached hydrogens (tertiary/aromatic N) is 1. The molecule has 1 unspecified atom stereocenters. The van der Waals surface area contributed by atoms with Crippen LogP contribution in [0.15, 0.2) is 30.9 Å². The van der Waals surface area contributed by atoms with E-state index < -0.39 is 12.0 Å². The molecule has 1 aliphatic rings. The number of piperidine rings is 1. The van der Waals surface area contributed by atoms with Crippen LogP contribution in [0, 0.1) is 0 Å². The number of hydrogen-bond donors (Lipinski definition) is 1. The predicted molar refractivity (Wildman–Crippen MR) is 85.0 cm³/mol. The molecular weight excluding hydrogens is 298 g/mol. The number of likely N-dealkylation sites (tertiary alicyclic amines) is 1. The Morgan fingerprint density at radius 3 is 2.83 bits per heavy atom. The van der Waals surface area contributed by atoms with E-state index in [-0.39, 0.29) is 5.91 Å². The van der Waals surface area contributed by atoms with Crippen molar-refractivity contribution in [1.82, 2.24) is 4.90 Å². The number of hydrogen-bond acceptors (Lipinski definition) is 4. The summed E-state index contributed by atoms with van der Waals surface area (Å²) in [5.74, 6) is -0.319. The van der Waals surface area contributed by atoms with E-state index in [9.17, 15) is 14.7 Å². The molecule has 0 radical (unpaired) electrons. The Kier molecular flexibility index (Phi) is 5.62. The standard InChI is InChI=1S/C17H21NO5/c1-3-10-23-14-8-7-12(11-15(14)22-2)16(19)18-9-5-4-6-13(18)17(20)21/h3,7-8,11,13H,1,4-6,9-10H2,2H3,(H,20,21). The first-order chi connectivity index (χ1) is 11.1. The molecular formula is C17H21NO5. The Bertz CT molecular complexity index is 599. The van der Waals surface area contributed by atoms with Crippen molar-refractivity contribution in [3.63, 3.8) is 0 Å². The second-order valence-electron chi connectivity index (χ2n) is 5.31. The quantitative estimate of drug-likeness (QED) is 0.815. The Hall–Kier alpha value is -2.50. The van der Waals surface area contributed by atoms with Crippen LogP contribution in [0.3, 0.4) is 0 Å². The minimum absolute atomic E-state index is 0.300. The van der Waals surface area contributed by atoms with Gasteiger partial charge in [0.2, 0.25) is 0 Å². The first-order valence-corrected chi connectivity index (χ1v) is 7.54. The van der Waals surface area contributed by atoms with Crippen LogP contribution >= 0.6 is 0 Å². The van der Waals surface area contributed by atoms with E-state index in [4.69, 9.17) is 9.47 Å². The molecule has 1 aliphatic heterocycles. The van der Waals surface area contributed by atoms with Crippen molar-refractivity contribution in [3.8, 4) is 11.5 Å². The highest BCUT2D eigenvalue weighted by Gasteiger charge is 2.32. The zero-order chi connectivity index (χ0) is 16.8. The Morgan fingerprint density at radius 1 is 1.39 bits per heavy atom. The van der Waals surface area contributed by atoms with Crippen LogP contribution in [0.2, 0.25) is 0 Å². The number of carbonyl (C=O) groups is 2. The summed E-state index contributed by atoms with van der Waals surface area (Å²) in [4.78, 5) is 25.4. The monoisotopic (exact) mass is 319 g/mol. The van der Waals surface area contributed by atoms with E-state index in [1.165, 1.54) is 12.0 Å². The molecule has 0 bridgehead atoms. The molecule has 0 saturated carbocycles. The van der Waals surface area contributed by atoms with Crippen LogP contribution in [0.25, 0.3) is 0 Å². The molecule has 0 aliphatic carbocycles. The summed E-state index contributed by atoms with van der Waals surface area (Å²) in [6, 6.07) is 4.08. The molecule has 1 N–H and O–H groups in total. The largest absolute Gasteiger partial charge is 0.493 e. The van der Waals surface area contributed by atoms with Crippen molar-refractivity contribution in [3.05, 3.63) is 36.4 Å². The van der Waals surface area contributed by atoms with Crippen molar-refractivity contribution in [2.75, 3.05) is 20.3 Å². The van der Waals surface area contributed by atoms with Crippen LogP contribution in [-0.2, 0) is 4.79 Å². The normalized spacial score (nSPS) is 17.4. The molecule has 124 valence electrons. The van der Waals surface area contributed by atoms with Gasteiger partial charge in [-0.2, -0.15) is 0 Å². The molecule has 1 saturated heterocycles. The van der Waals surface area contributed by atoms with Gasteiger partial charge in [-0.15, -0.1) is 0 Å². The van der Waals surface area contributed by atoms with Crippen molar-refractivity contribution in [2.45, 2.75) is 25.3 Å². The summed E-state index contributed by atoms with van der Waals surface area (Å²) in [6.45, 7) is 4.36. The third-order valence-electron chi connectivity index (χ3n) is 3.82. The topological polar surface area (TPSA) is 76.1 Å². The lowest BCUT2D eigenvalue weighted by atomic mass is 10.0. The van der Waals surface area contributed by atoms with Crippen LogP contribution < -0.4 is 9.47 Å². The number of amides is 1. The minimum atomic E-state index is -0.962. The Labute approximate surface area is 135 Å². The number of carboxylic acid groups (broad SMARTS) is 1. The number of rotatable bonds is 6. The number of carbonyl (C=O) groups excluding carboxylic acids is 1. The van der Waals surface area contributed by atoms with Gasteiger partial charge in [0.25, 0.3) is 5.91 Å². The van der Waals surface area contributed by atoms with E-state index >= 15 is 0 Å². The van der Waals surface area contributed by atoms with E-state index in [1.807, 2.05) is 0 Å². The zero-order valence-corrected chi connectivity index (χ0v) is 13.2. The summed E-state index contributed by atoms with van der Waals surface area (Å²) in [6.07, 6.45) is 3.73. The number of aliphatic carboxylic acids is 1. The summed E-state index contributed by atoms with van der Waals surface area (Å²) in [5, 5.41) is 9.30. The van der Waals surface area contributed by atoms with Gasteiger partial charge in [0.05, 0.1) is 7.11 Å². The summed E-state index contributed by atoms with van der Waals surface area (Å²) >= 11 is 0. The summed E-state index contributed by atoms with van der Waals surface area (Å²) < 4.78 is 10.7. The zero-order valence-electron chi connectivity index (χ0n) is 13.2. The van der Waals surface area contributed by atoms with Gasteiger partial charge in [0.15, 0.2) is 11.5 Å². The molecule has 6 heteroatoms. The minimum Gasteiger partial charge on any atom is -0.493 e. The highest BCUT2D eigenvalue weighted by molar-refractivity contribution is 5.97. The average molecular weight is 319 g/mol. The molecule has 23 heavy (non-hydrogen) atoms. The molecule has 6 nitrogen and oxygen atoms in total. The number of methoxy groups -OCH3 is 1. The molecule has 1 fully saturated rings. The smallest absolute Gasteiger partial charge is 0.326 e. The predicted octanol–water partition coefficient (Wildman–Crippen LogP) is 2.34. The van der Waals surface area contributed by atoms with Gasteiger partial charge in [-0.3, -0.25) is 4.79 Å². The maximum Gasteiger partial charge on any atom is 0.326 e. The fourth-order valence-electron chi connectivity index (χ4n) is 2.67. The van der Waals surface area contributed by atoms with E-state index in [1.54, 1.807) is 24.3 Å². The molecule has 1 amide bonds. The van der Waals surface area contributed by atoms with E-state index in [2.05, 4.69) is 6.58 Å². The SMILES string of the molecule is C=CCOc1ccc(C(=O)N2CCCCC2C(=O)O)cc1OC. The molecule has 0 aromatic heterocycles. The van der Waals surface area contributed by atoms with Crippen LogP contribution in [-0.4, -0.2) is 48.2 Å². The molecule has 1 heterocycles. The Morgan fingerprint density at radius 2 is 2.17 bits per heavy atom.